The fourth-order valence-corrected chi connectivity index (χ4v) is 10.8. The number of rotatable bonds is 20. The van der Waals surface area contributed by atoms with Gasteiger partial charge in [-0.3, -0.25) is 19.2 Å². The zero-order valence-electron chi connectivity index (χ0n) is 56.9. The van der Waals surface area contributed by atoms with E-state index in [-0.39, 0.29) is 78.9 Å². The summed E-state index contributed by atoms with van der Waals surface area (Å²) in [6.45, 7) is 47.1. The van der Waals surface area contributed by atoms with Crippen molar-refractivity contribution in [3.63, 3.8) is 0 Å². The van der Waals surface area contributed by atoms with Gasteiger partial charge >= 0.3 is 23.9 Å². The van der Waals surface area contributed by atoms with Gasteiger partial charge in [-0.2, -0.15) is 0 Å². The number of esters is 4. The van der Waals surface area contributed by atoms with E-state index in [9.17, 15) is 39.6 Å². The number of aliphatic hydroxyl groups excluding tert-OH is 1. The highest BCUT2D eigenvalue weighted by molar-refractivity contribution is 5.72. The standard InChI is InChI=1S/C73H110O12/c1-65(2,3)49-33-45(34-50(61(49)78)66(4,5)6)25-29-57(74)82-41-73(42-83-58(75)30-26-46-35-51(67(7,8)9)62(79)52(36-46)68(10,11)12,43-84-59(76)31-27-47-37-53(69(13,14)15)63(80)54(38-47)70(16,17)18)44-85-60(77)32-28-48-39-55(71(19,20)21)64(81)56(40-48)72(22,23)24/h33-39,48,78-81H,25-32,40-44H2,1-24H3. The van der Waals surface area contributed by atoms with Crippen LogP contribution in [0.4, 0.5) is 0 Å². The highest BCUT2D eigenvalue weighted by atomic mass is 16.6. The summed E-state index contributed by atoms with van der Waals surface area (Å²) in [4.78, 5) is 56.4. The van der Waals surface area contributed by atoms with Crippen molar-refractivity contribution < 1.29 is 58.6 Å². The Morgan fingerprint density at radius 1 is 0.376 bits per heavy atom. The van der Waals surface area contributed by atoms with Gasteiger partial charge in [0.05, 0.1) is 0 Å². The molecule has 0 aromatic heterocycles. The molecule has 1 aliphatic carbocycles. The lowest BCUT2D eigenvalue weighted by molar-refractivity contribution is -0.170. The number of hydrogen-bond acceptors (Lipinski definition) is 12. The number of aromatic hydroxyl groups is 3. The maximum absolute atomic E-state index is 14.1. The van der Waals surface area contributed by atoms with Crippen molar-refractivity contribution in [1.29, 1.82) is 0 Å². The fraction of sp³-hybridized carbons (Fsp3) is 0.644. The molecule has 0 amide bonds. The molecule has 4 N–H and O–H groups in total. The first-order valence-electron chi connectivity index (χ1n) is 30.8. The minimum atomic E-state index is -1.57. The molecule has 0 spiro atoms. The number of hydrogen-bond donors (Lipinski definition) is 4. The molecule has 0 saturated heterocycles. The molecule has 474 valence electrons. The molecule has 0 aliphatic heterocycles. The molecule has 12 nitrogen and oxygen atoms in total. The van der Waals surface area contributed by atoms with Crippen molar-refractivity contribution in [3.05, 3.63) is 109 Å². The normalized spacial score (nSPS) is 15.2. The second-order valence-corrected chi connectivity index (χ2v) is 32.7. The van der Waals surface area contributed by atoms with Gasteiger partial charge in [0.2, 0.25) is 0 Å². The van der Waals surface area contributed by atoms with Crippen molar-refractivity contribution in [3.8, 4) is 17.2 Å². The lowest BCUT2D eigenvalue weighted by atomic mass is 9.70. The summed E-state index contributed by atoms with van der Waals surface area (Å²) in [5, 5.41) is 45.7. The van der Waals surface area contributed by atoms with Crippen LogP contribution in [0.1, 0.15) is 255 Å². The Morgan fingerprint density at radius 3 is 0.847 bits per heavy atom. The number of phenols is 3. The minimum absolute atomic E-state index is 0.00539. The topological polar surface area (TPSA) is 186 Å². The van der Waals surface area contributed by atoms with E-state index >= 15 is 0 Å². The molecule has 4 rings (SSSR count). The van der Waals surface area contributed by atoms with Gasteiger partial charge < -0.3 is 39.4 Å². The maximum Gasteiger partial charge on any atom is 0.306 e. The summed E-state index contributed by atoms with van der Waals surface area (Å²) < 4.78 is 24.5. The van der Waals surface area contributed by atoms with E-state index < -0.39 is 88.2 Å². The van der Waals surface area contributed by atoms with Gasteiger partial charge in [-0.05, 0) is 143 Å². The van der Waals surface area contributed by atoms with Crippen molar-refractivity contribution >= 4 is 23.9 Å². The van der Waals surface area contributed by atoms with Gasteiger partial charge in [0.15, 0.2) is 0 Å². The Morgan fingerprint density at radius 2 is 0.624 bits per heavy atom. The average molecular weight is 1180 g/mol. The molecule has 0 fully saturated rings. The van der Waals surface area contributed by atoms with Crippen molar-refractivity contribution in [1.82, 2.24) is 0 Å². The van der Waals surface area contributed by atoms with Crippen LogP contribution in [0.3, 0.4) is 0 Å². The lowest BCUT2D eigenvalue weighted by Crippen LogP contribution is -2.44. The van der Waals surface area contributed by atoms with E-state index in [0.29, 0.717) is 18.6 Å². The Balaban J connectivity index is 1.75. The van der Waals surface area contributed by atoms with Crippen LogP contribution in [0.2, 0.25) is 0 Å². The summed E-state index contributed by atoms with van der Waals surface area (Å²) in [6, 6.07) is 11.6. The van der Waals surface area contributed by atoms with Crippen LogP contribution in [-0.4, -0.2) is 70.7 Å². The summed E-state index contributed by atoms with van der Waals surface area (Å²) in [5.41, 5.74) is 4.20. The Bertz CT molecular complexity index is 2600. The Hall–Kier alpha value is -5.78. The number of aliphatic hydroxyl groups is 1. The quantitative estimate of drug-likeness (QED) is 0.0621. The maximum atomic E-state index is 14.1. The van der Waals surface area contributed by atoms with Crippen molar-refractivity contribution in [2.75, 3.05) is 26.4 Å². The van der Waals surface area contributed by atoms with Gasteiger partial charge in [0.1, 0.15) is 54.9 Å². The first kappa shape index (κ1) is 71.7. The predicted molar refractivity (Wildman–Crippen MR) is 342 cm³/mol. The average Bonchev–Trinajstić information content (AvgIpc) is 1.83. The van der Waals surface area contributed by atoms with E-state index in [1.165, 1.54) is 0 Å². The monoisotopic (exact) mass is 1180 g/mol. The highest BCUT2D eigenvalue weighted by Gasteiger charge is 2.40. The summed E-state index contributed by atoms with van der Waals surface area (Å²) in [6.07, 6.45) is 3.72. The molecule has 0 bridgehead atoms. The predicted octanol–water partition coefficient (Wildman–Crippen LogP) is 16.6. The second kappa shape index (κ2) is 26.7. The molecular formula is C73H110O12. The number of carbonyl (C=O) groups is 4. The van der Waals surface area contributed by atoms with Crippen LogP contribution in [0.25, 0.3) is 0 Å². The Labute approximate surface area is 512 Å². The van der Waals surface area contributed by atoms with Gasteiger partial charge in [0, 0.05) is 25.7 Å². The number of phenolic OH excluding ortho intramolecular Hbond substituents is 3. The van der Waals surface area contributed by atoms with Crippen molar-refractivity contribution in [2.24, 2.45) is 22.2 Å². The molecule has 0 radical (unpaired) electrons. The van der Waals surface area contributed by atoms with Crippen LogP contribution >= 0.6 is 0 Å². The number of aryl methyl sites for hydroxylation is 3. The number of carbonyl (C=O) groups excluding carboxylic acids is 4. The van der Waals surface area contributed by atoms with Crippen LogP contribution in [0.5, 0.6) is 17.2 Å². The third-order valence-electron chi connectivity index (χ3n) is 16.2. The van der Waals surface area contributed by atoms with Gasteiger partial charge in [-0.1, -0.05) is 209 Å². The lowest BCUT2D eigenvalue weighted by Gasteiger charge is -2.36. The van der Waals surface area contributed by atoms with E-state index in [2.05, 4.69) is 47.6 Å². The highest BCUT2D eigenvalue weighted by Crippen LogP contribution is 2.46. The zero-order chi connectivity index (χ0) is 65.0. The summed E-state index contributed by atoms with van der Waals surface area (Å²) in [5.74, 6) is -1.42. The van der Waals surface area contributed by atoms with Crippen molar-refractivity contribution in [2.45, 2.75) is 256 Å². The molecule has 3 aromatic carbocycles. The van der Waals surface area contributed by atoms with E-state index in [0.717, 1.165) is 61.2 Å². The summed E-state index contributed by atoms with van der Waals surface area (Å²) >= 11 is 0. The number of ether oxygens (including phenoxy) is 4. The third kappa shape index (κ3) is 20.1. The Kier molecular flexibility index (Phi) is 22.5. The SMILES string of the molecule is CC(C)(C)C1=CC(CCC(=O)OCC(COC(=O)CCc2cc(C(C)(C)C)c(O)c(C(C)(C)C)c2)(COC(=O)CCc2cc(C(C)(C)C)c(O)c(C(C)(C)C)c2)COC(=O)CCc2cc(C(C)(C)C)c(O)c(C(C)(C)C)c2)CC(C(C)(C)C)=C1O. The smallest absolute Gasteiger partial charge is 0.306 e. The zero-order valence-corrected chi connectivity index (χ0v) is 56.9. The third-order valence-corrected chi connectivity index (χ3v) is 16.2. The molecule has 1 atom stereocenters. The molecule has 0 saturated carbocycles. The molecule has 1 unspecified atom stereocenters. The van der Waals surface area contributed by atoms with E-state index in [1.807, 2.05) is 161 Å². The molecule has 85 heavy (non-hydrogen) atoms. The van der Waals surface area contributed by atoms with Gasteiger partial charge in [-0.25, -0.2) is 0 Å². The largest absolute Gasteiger partial charge is 0.508 e. The molecule has 12 heteroatoms. The second-order valence-electron chi connectivity index (χ2n) is 32.7. The molecule has 1 aliphatic rings. The first-order valence-corrected chi connectivity index (χ1v) is 30.8. The van der Waals surface area contributed by atoms with Gasteiger partial charge in [-0.15, -0.1) is 0 Å². The van der Waals surface area contributed by atoms with Crippen LogP contribution in [-0.2, 0) is 89.9 Å². The molecule has 0 heterocycles. The number of allylic oxidation sites excluding steroid dienone is 3. The summed E-state index contributed by atoms with van der Waals surface area (Å²) in [7, 11) is 0. The van der Waals surface area contributed by atoms with Crippen LogP contribution < -0.4 is 0 Å². The van der Waals surface area contributed by atoms with Gasteiger partial charge in [0.25, 0.3) is 0 Å². The first-order chi connectivity index (χ1) is 38.4. The fourth-order valence-electron chi connectivity index (χ4n) is 10.8. The molecular weight excluding hydrogens is 1070 g/mol. The van der Waals surface area contributed by atoms with E-state index in [4.69, 9.17) is 18.9 Å². The van der Waals surface area contributed by atoms with Crippen LogP contribution in [0.15, 0.2) is 59.4 Å². The van der Waals surface area contributed by atoms with Crippen LogP contribution in [0, 0.1) is 22.2 Å². The number of benzene rings is 3. The van der Waals surface area contributed by atoms with E-state index in [1.54, 1.807) is 0 Å². The minimum Gasteiger partial charge on any atom is -0.508 e. The molecule has 3 aromatic rings.